The molecule has 1 atom stereocenters. The second kappa shape index (κ2) is 5.47. The van der Waals surface area contributed by atoms with Gasteiger partial charge in [-0.25, -0.2) is 17.2 Å². The molecule has 1 aliphatic heterocycles. The van der Waals surface area contributed by atoms with E-state index in [9.17, 15) is 27.1 Å². The number of methoxy groups -OCH3 is 1. The van der Waals surface area contributed by atoms with Crippen LogP contribution >= 0.6 is 0 Å². The number of hydrogen-bond donors (Lipinski definition) is 1. The van der Waals surface area contributed by atoms with Gasteiger partial charge in [-0.3, -0.25) is 4.79 Å². The molecule has 1 aromatic rings. The Morgan fingerprint density at radius 2 is 2.00 bits per heavy atom. The van der Waals surface area contributed by atoms with Crippen LogP contribution in [0.25, 0.3) is 0 Å². The van der Waals surface area contributed by atoms with E-state index in [0.29, 0.717) is 22.9 Å². The zero-order chi connectivity index (χ0) is 16.7. The fourth-order valence-electron chi connectivity index (χ4n) is 2.52. The van der Waals surface area contributed by atoms with Gasteiger partial charge in [-0.15, -0.1) is 0 Å². The van der Waals surface area contributed by atoms with Crippen molar-refractivity contribution in [1.29, 1.82) is 0 Å². The monoisotopic (exact) mass is 335 g/mol. The van der Waals surface area contributed by atoms with E-state index in [1.165, 1.54) is 6.92 Å². The second-order valence-corrected chi connectivity index (χ2v) is 7.01. The number of benzene rings is 1. The zero-order valence-electron chi connectivity index (χ0n) is 12.0. The minimum absolute atomic E-state index is 0.0712. The van der Waals surface area contributed by atoms with Gasteiger partial charge in [0.15, 0.2) is 11.6 Å². The predicted octanol–water partition coefficient (Wildman–Crippen LogP) is 1.60. The van der Waals surface area contributed by atoms with Crippen molar-refractivity contribution in [3.63, 3.8) is 0 Å². The van der Waals surface area contributed by atoms with Crippen molar-refractivity contribution in [3.05, 3.63) is 23.8 Å². The summed E-state index contributed by atoms with van der Waals surface area (Å²) < 4.78 is 58.1. The molecule has 9 heteroatoms. The molecule has 122 valence electrons. The number of hydrogen-bond acceptors (Lipinski definition) is 4. The molecular formula is C13H15F2NO5S. The van der Waals surface area contributed by atoms with Crippen molar-refractivity contribution in [2.24, 2.45) is 0 Å². The average molecular weight is 335 g/mol. The fourth-order valence-corrected chi connectivity index (χ4v) is 4.39. The number of carbonyl (C=O) groups is 1. The highest BCUT2D eigenvalue weighted by Crippen LogP contribution is 2.36. The Balaban J connectivity index is 2.56. The van der Waals surface area contributed by atoms with Crippen molar-refractivity contribution in [3.8, 4) is 5.75 Å². The second-order valence-electron chi connectivity index (χ2n) is 5.18. The molecule has 1 heterocycles. The van der Waals surface area contributed by atoms with Crippen LogP contribution in [0.5, 0.6) is 5.75 Å². The summed E-state index contributed by atoms with van der Waals surface area (Å²) >= 11 is 0. The lowest BCUT2D eigenvalue weighted by atomic mass is 10.0. The topological polar surface area (TPSA) is 83.9 Å². The largest absolute Gasteiger partial charge is 0.494 e. The highest BCUT2D eigenvalue weighted by molar-refractivity contribution is 7.89. The van der Waals surface area contributed by atoms with E-state index in [1.807, 2.05) is 0 Å². The minimum atomic E-state index is -4.49. The molecule has 1 fully saturated rings. The normalized spacial score (nSPS) is 22.7. The van der Waals surface area contributed by atoms with E-state index >= 15 is 0 Å². The van der Waals surface area contributed by atoms with Crippen LogP contribution < -0.4 is 4.74 Å². The van der Waals surface area contributed by atoms with Crippen LogP contribution in [0.15, 0.2) is 17.0 Å². The van der Waals surface area contributed by atoms with E-state index < -0.39 is 43.8 Å². The van der Waals surface area contributed by atoms with Crippen LogP contribution in [-0.2, 0) is 14.8 Å². The Morgan fingerprint density at radius 1 is 1.36 bits per heavy atom. The predicted molar refractivity (Wildman–Crippen MR) is 72.1 cm³/mol. The highest BCUT2D eigenvalue weighted by Gasteiger charge is 2.50. The molecule has 0 spiro atoms. The van der Waals surface area contributed by atoms with Crippen LogP contribution in [0.1, 0.15) is 19.8 Å². The van der Waals surface area contributed by atoms with Crippen molar-refractivity contribution in [2.45, 2.75) is 30.2 Å². The maximum Gasteiger partial charge on any atom is 0.324 e. The number of nitrogens with zero attached hydrogens (tertiary/aromatic N) is 1. The van der Waals surface area contributed by atoms with Gasteiger partial charge in [0.1, 0.15) is 16.3 Å². The molecule has 0 saturated carbocycles. The SMILES string of the molecule is COc1cc(F)c(S(=O)(=O)N2CCC[C@@]2(C)C(=O)O)cc1F. The lowest BCUT2D eigenvalue weighted by Crippen LogP contribution is -2.50. The van der Waals surface area contributed by atoms with Crippen LogP contribution in [0.4, 0.5) is 8.78 Å². The summed E-state index contributed by atoms with van der Waals surface area (Å²) in [7, 11) is -3.37. The quantitative estimate of drug-likeness (QED) is 0.903. The van der Waals surface area contributed by atoms with Crippen molar-refractivity contribution < 1.29 is 31.8 Å². The van der Waals surface area contributed by atoms with Gasteiger partial charge in [0.25, 0.3) is 0 Å². The number of carboxylic acid groups (broad SMARTS) is 1. The number of halogens is 2. The van der Waals surface area contributed by atoms with E-state index in [2.05, 4.69) is 4.74 Å². The molecule has 6 nitrogen and oxygen atoms in total. The third kappa shape index (κ3) is 2.44. The summed E-state index contributed by atoms with van der Waals surface area (Å²) in [6, 6.07) is 1.13. The fraction of sp³-hybridized carbons (Fsp3) is 0.462. The number of ether oxygens (including phenoxy) is 1. The Morgan fingerprint density at radius 3 is 2.55 bits per heavy atom. The summed E-state index contributed by atoms with van der Waals surface area (Å²) in [5.74, 6) is -4.00. The van der Waals surface area contributed by atoms with Crippen LogP contribution in [0, 0.1) is 11.6 Å². The lowest BCUT2D eigenvalue weighted by Gasteiger charge is -2.30. The first-order chi connectivity index (χ1) is 10.1. The molecule has 22 heavy (non-hydrogen) atoms. The molecule has 0 bridgehead atoms. The summed E-state index contributed by atoms with van der Waals surface area (Å²) in [5, 5.41) is 9.27. The molecule has 0 aliphatic carbocycles. The maximum absolute atomic E-state index is 14.0. The van der Waals surface area contributed by atoms with Crippen LogP contribution in [-0.4, -0.2) is 43.0 Å². The van der Waals surface area contributed by atoms with Gasteiger partial charge in [-0.2, -0.15) is 4.31 Å². The number of rotatable bonds is 4. The Kier molecular flexibility index (Phi) is 4.14. The first-order valence-electron chi connectivity index (χ1n) is 6.44. The summed E-state index contributed by atoms with van der Waals surface area (Å²) in [5.41, 5.74) is -1.68. The molecule has 0 unspecified atom stereocenters. The van der Waals surface area contributed by atoms with Crippen molar-refractivity contribution in [2.75, 3.05) is 13.7 Å². The number of sulfonamides is 1. The molecule has 0 radical (unpaired) electrons. The first kappa shape index (κ1) is 16.6. The van der Waals surface area contributed by atoms with Crippen LogP contribution in [0.2, 0.25) is 0 Å². The third-order valence-electron chi connectivity index (χ3n) is 3.81. The molecule has 1 aliphatic rings. The average Bonchev–Trinajstić information content (AvgIpc) is 2.85. The van der Waals surface area contributed by atoms with E-state index in [4.69, 9.17) is 0 Å². The van der Waals surface area contributed by atoms with Gasteiger partial charge < -0.3 is 9.84 Å². The smallest absolute Gasteiger partial charge is 0.324 e. The standard InChI is InChI=1S/C13H15F2NO5S/c1-13(12(17)18)4-3-5-16(13)22(19,20)11-7-8(14)10(21-2)6-9(11)15/h6-7H,3-5H2,1-2H3,(H,17,18)/t13-/m0/s1. The molecule has 1 aromatic carbocycles. The van der Waals surface area contributed by atoms with Crippen LogP contribution in [0.3, 0.4) is 0 Å². The molecule has 0 amide bonds. The molecular weight excluding hydrogens is 320 g/mol. The van der Waals surface area contributed by atoms with Gasteiger partial charge in [0.05, 0.1) is 7.11 Å². The van der Waals surface area contributed by atoms with E-state index in [0.717, 1.165) is 7.11 Å². The summed E-state index contributed by atoms with van der Waals surface area (Å²) in [6.07, 6.45) is 0.421. The Bertz CT molecular complexity index is 721. The van der Waals surface area contributed by atoms with Gasteiger partial charge in [0.2, 0.25) is 10.0 Å². The van der Waals surface area contributed by atoms with Gasteiger partial charge in [0, 0.05) is 18.7 Å². The number of aliphatic carboxylic acids is 1. The maximum atomic E-state index is 14.0. The zero-order valence-corrected chi connectivity index (χ0v) is 12.8. The summed E-state index contributed by atoms with van der Waals surface area (Å²) in [6.45, 7) is 1.18. The van der Waals surface area contributed by atoms with Gasteiger partial charge in [-0.05, 0) is 19.8 Å². The minimum Gasteiger partial charge on any atom is -0.494 e. The van der Waals surface area contributed by atoms with E-state index in [-0.39, 0.29) is 13.0 Å². The first-order valence-corrected chi connectivity index (χ1v) is 7.88. The third-order valence-corrected chi connectivity index (χ3v) is 5.84. The van der Waals surface area contributed by atoms with Crippen molar-refractivity contribution >= 4 is 16.0 Å². The molecule has 2 rings (SSSR count). The van der Waals surface area contributed by atoms with Gasteiger partial charge in [-0.1, -0.05) is 0 Å². The lowest BCUT2D eigenvalue weighted by molar-refractivity contribution is -0.146. The van der Waals surface area contributed by atoms with E-state index in [1.54, 1.807) is 0 Å². The highest BCUT2D eigenvalue weighted by atomic mass is 32.2. The number of carboxylic acids is 1. The Labute approximate surface area is 126 Å². The molecule has 1 N–H and O–H groups in total. The molecule has 0 aromatic heterocycles. The Hall–Kier alpha value is -1.74. The summed E-state index contributed by atoms with van der Waals surface area (Å²) in [4.78, 5) is 10.5. The van der Waals surface area contributed by atoms with Crippen molar-refractivity contribution in [1.82, 2.24) is 4.31 Å². The van der Waals surface area contributed by atoms with Gasteiger partial charge >= 0.3 is 5.97 Å². The molecule has 1 saturated heterocycles.